The SMILES string of the molecule is NON1C(=O)N2CC1CC[C@H]2C1=NO[C@@H](CO)C1. The number of hydroxylamine groups is 2. The van der Waals surface area contributed by atoms with E-state index in [1.165, 1.54) is 5.06 Å². The molecule has 0 aromatic rings. The van der Waals surface area contributed by atoms with Crippen LogP contribution in [0.1, 0.15) is 19.3 Å². The van der Waals surface area contributed by atoms with E-state index < -0.39 is 0 Å². The van der Waals surface area contributed by atoms with Gasteiger partial charge in [0.1, 0.15) is 0 Å². The molecule has 3 atom stereocenters. The third-order valence-corrected chi connectivity index (χ3v) is 3.78. The number of amides is 2. The molecule has 3 aliphatic heterocycles. The molecule has 3 heterocycles. The molecule has 0 aromatic heterocycles. The summed E-state index contributed by atoms with van der Waals surface area (Å²) in [5, 5.41) is 14.2. The van der Waals surface area contributed by atoms with Crippen LogP contribution >= 0.6 is 0 Å². The predicted octanol–water partition coefficient (Wildman–Crippen LogP) is -0.802. The van der Waals surface area contributed by atoms with Crippen LogP contribution in [0.3, 0.4) is 0 Å². The summed E-state index contributed by atoms with van der Waals surface area (Å²) in [5.41, 5.74) is 0.819. The van der Waals surface area contributed by atoms with Crippen LogP contribution in [-0.2, 0) is 9.78 Å². The molecule has 0 radical (unpaired) electrons. The lowest BCUT2D eigenvalue weighted by Crippen LogP contribution is -2.45. The van der Waals surface area contributed by atoms with Crippen LogP contribution in [0.2, 0.25) is 0 Å². The minimum absolute atomic E-state index is 0.0234. The van der Waals surface area contributed by atoms with E-state index in [1.54, 1.807) is 4.90 Å². The number of carbonyl (C=O) groups excluding carboxylic acids is 1. The average molecular weight is 256 g/mol. The van der Waals surface area contributed by atoms with Gasteiger partial charge in [0.25, 0.3) is 0 Å². The van der Waals surface area contributed by atoms with Crippen molar-refractivity contribution >= 4 is 11.7 Å². The lowest BCUT2D eigenvalue weighted by atomic mass is 9.95. The fourth-order valence-electron chi connectivity index (χ4n) is 2.86. The number of rotatable bonds is 3. The minimum Gasteiger partial charge on any atom is -0.392 e. The number of oxime groups is 1. The van der Waals surface area contributed by atoms with Gasteiger partial charge in [0.2, 0.25) is 0 Å². The van der Waals surface area contributed by atoms with Crippen molar-refractivity contribution in [1.82, 2.24) is 9.96 Å². The Labute approximate surface area is 104 Å². The Balaban J connectivity index is 1.74. The van der Waals surface area contributed by atoms with Gasteiger partial charge in [-0.15, -0.1) is 0 Å². The first kappa shape index (κ1) is 11.7. The van der Waals surface area contributed by atoms with Gasteiger partial charge in [0.15, 0.2) is 6.10 Å². The zero-order chi connectivity index (χ0) is 12.7. The first-order chi connectivity index (χ1) is 8.74. The summed E-state index contributed by atoms with van der Waals surface area (Å²) in [5.74, 6) is 5.11. The molecule has 2 fully saturated rings. The van der Waals surface area contributed by atoms with Gasteiger partial charge >= 0.3 is 6.03 Å². The molecule has 18 heavy (non-hydrogen) atoms. The Morgan fingerprint density at radius 2 is 2.39 bits per heavy atom. The molecule has 0 aromatic carbocycles. The Kier molecular flexibility index (Phi) is 2.84. The van der Waals surface area contributed by atoms with E-state index in [-0.39, 0.29) is 30.8 Å². The molecule has 3 rings (SSSR count). The lowest BCUT2D eigenvalue weighted by molar-refractivity contribution is -0.133. The fraction of sp³-hybridized carbons (Fsp3) is 0.800. The van der Waals surface area contributed by atoms with Gasteiger partial charge in [-0.25, -0.2) is 4.79 Å². The van der Waals surface area contributed by atoms with Crippen molar-refractivity contribution in [2.75, 3.05) is 13.2 Å². The van der Waals surface area contributed by atoms with Crippen LogP contribution in [0.25, 0.3) is 0 Å². The van der Waals surface area contributed by atoms with Crippen LogP contribution in [0, 0.1) is 0 Å². The molecule has 3 N–H and O–H groups in total. The number of carbonyl (C=O) groups is 1. The van der Waals surface area contributed by atoms with E-state index >= 15 is 0 Å². The quantitative estimate of drug-likeness (QED) is 0.644. The molecular formula is C10H16N4O4. The van der Waals surface area contributed by atoms with Crippen LogP contribution < -0.4 is 5.90 Å². The number of urea groups is 1. The summed E-state index contributed by atoms with van der Waals surface area (Å²) in [4.78, 5) is 23.5. The highest BCUT2D eigenvalue weighted by atomic mass is 16.8. The van der Waals surface area contributed by atoms with Crippen LogP contribution in [0.4, 0.5) is 4.79 Å². The lowest BCUT2D eigenvalue weighted by Gasteiger charge is -2.29. The van der Waals surface area contributed by atoms with Crippen LogP contribution in [0.5, 0.6) is 0 Å². The summed E-state index contributed by atoms with van der Waals surface area (Å²) >= 11 is 0. The molecule has 100 valence electrons. The van der Waals surface area contributed by atoms with E-state index in [9.17, 15) is 4.79 Å². The molecule has 0 aliphatic carbocycles. The van der Waals surface area contributed by atoms with Gasteiger partial charge in [-0.2, -0.15) is 15.9 Å². The second-order valence-corrected chi connectivity index (χ2v) is 4.81. The number of hydrogen-bond donors (Lipinski definition) is 2. The molecule has 1 unspecified atom stereocenters. The highest BCUT2D eigenvalue weighted by molar-refractivity contribution is 5.94. The fourth-order valence-corrected chi connectivity index (χ4v) is 2.86. The minimum atomic E-state index is -0.280. The summed E-state index contributed by atoms with van der Waals surface area (Å²) in [6.07, 6.45) is 1.93. The van der Waals surface area contributed by atoms with Crippen LogP contribution in [0.15, 0.2) is 5.16 Å². The molecule has 8 heteroatoms. The van der Waals surface area contributed by atoms with Crippen molar-refractivity contribution in [2.45, 2.75) is 37.5 Å². The van der Waals surface area contributed by atoms with Crippen molar-refractivity contribution in [3.63, 3.8) is 0 Å². The van der Waals surface area contributed by atoms with Gasteiger partial charge in [-0.05, 0) is 12.8 Å². The normalized spacial score (nSPS) is 34.9. The highest BCUT2D eigenvalue weighted by Crippen LogP contribution is 2.32. The number of nitrogens with two attached hydrogens (primary N) is 1. The van der Waals surface area contributed by atoms with Gasteiger partial charge in [-0.3, -0.25) is 0 Å². The molecule has 0 spiro atoms. The summed E-state index contributed by atoms with van der Waals surface area (Å²) in [6.45, 7) is 0.540. The summed E-state index contributed by atoms with van der Waals surface area (Å²) in [6, 6.07) is -0.263. The van der Waals surface area contributed by atoms with E-state index in [0.717, 1.165) is 18.6 Å². The standard InChI is InChI=1S/C10H16N4O4/c11-18-14-6-1-2-9(13(4-6)10(14)16)8-3-7(5-15)17-12-8/h6-7,9,15H,1-5,11H2/t6?,7-,9+/m1/s1. The highest BCUT2D eigenvalue weighted by Gasteiger charge is 2.48. The number of hydrogen-bond acceptors (Lipinski definition) is 6. The van der Waals surface area contributed by atoms with Crippen molar-refractivity contribution in [1.29, 1.82) is 0 Å². The first-order valence-corrected chi connectivity index (χ1v) is 6.04. The first-order valence-electron chi connectivity index (χ1n) is 6.04. The zero-order valence-corrected chi connectivity index (χ0v) is 9.86. The van der Waals surface area contributed by atoms with Gasteiger partial charge in [-0.1, -0.05) is 5.16 Å². The van der Waals surface area contributed by atoms with Crippen molar-refractivity contribution in [3.8, 4) is 0 Å². The zero-order valence-electron chi connectivity index (χ0n) is 9.86. The third kappa shape index (κ3) is 1.64. The second-order valence-electron chi connectivity index (χ2n) is 4.81. The van der Waals surface area contributed by atoms with Crippen molar-refractivity contribution < 1.29 is 19.7 Å². The Morgan fingerprint density at radius 1 is 1.56 bits per heavy atom. The van der Waals surface area contributed by atoms with Crippen LogP contribution in [-0.4, -0.2) is 58.2 Å². The van der Waals surface area contributed by atoms with Crippen molar-refractivity contribution in [2.24, 2.45) is 11.1 Å². The van der Waals surface area contributed by atoms with Gasteiger partial charge in [0, 0.05) is 13.0 Å². The monoisotopic (exact) mass is 256 g/mol. The number of aliphatic hydroxyl groups excluding tert-OH is 1. The topological polar surface area (TPSA) is 101 Å². The maximum absolute atomic E-state index is 12.0. The smallest absolute Gasteiger partial charge is 0.346 e. The third-order valence-electron chi connectivity index (χ3n) is 3.78. The second kappa shape index (κ2) is 4.38. The molecule has 3 aliphatic rings. The van der Waals surface area contributed by atoms with E-state index in [2.05, 4.69) is 10.1 Å². The molecule has 2 amide bonds. The number of nitrogens with zero attached hydrogens (tertiary/aromatic N) is 3. The summed E-state index contributed by atoms with van der Waals surface area (Å²) < 4.78 is 0. The van der Waals surface area contributed by atoms with E-state index in [0.29, 0.717) is 13.0 Å². The van der Waals surface area contributed by atoms with E-state index in [4.69, 9.17) is 15.8 Å². The number of aliphatic hydroxyl groups is 1. The Hall–Kier alpha value is -1.38. The predicted molar refractivity (Wildman–Crippen MR) is 60.0 cm³/mol. The average Bonchev–Trinajstić information content (AvgIpc) is 2.96. The molecule has 2 bridgehead atoms. The maximum Gasteiger partial charge on any atom is 0.346 e. The molecule has 8 nitrogen and oxygen atoms in total. The largest absolute Gasteiger partial charge is 0.392 e. The van der Waals surface area contributed by atoms with Gasteiger partial charge in [0.05, 0.1) is 24.4 Å². The summed E-state index contributed by atoms with van der Waals surface area (Å²) in [7, 11) is 0. The molecule has 0 saturated carbocycles. The number of piperidine rings is 1. The number of fused-ring (bicyclic) bond motifs is 2. The van der Waals surface area contributed by atoms with Crippen molar-refractivity contribution in [3.05, 3.63) is 0 Å². The van der Waals surface area contributed by atoms with Gasteiger partial charge < -0.3 is 14.8 Å². The maximum atomic E-state index is 12.0. The Morgan fingerprint density at radius 3 is 3.06 bits per heavy atom. The van der Waals surface area contributed by atoms with E-state index in [1.807, 2.05) is 0 Å². The molecular weight excluding hydrogens is 240 g/mol. The Bertz CT molecular complexity index is 388. The molecule has 2 saturated heterocycles.